The minimum Gasteiger partial charge on any atom is -0.354 e. The van der Waals surface area contributed by atoms with Crippen molar-refractivity contribution in [2.75, 3.05) is 43.4 Å². The highest BCUT2D eigenvalue weighted by molar-refractivity contribution is 6.04. The highest BCUT2D eigenvalue weighted by atomic mass is 16.1. The fourth-order valence-electron chi connectivity index (χ4n) is 2.85. The lowest BCUT2D eigenvalue weighted by molar-refractivity contribution is 0.102. The van der Waals surface area contributed by atoms with Crippen LogP contribution in [-0.4, -0.2) is 58.8 Å². The Hall–Kier alpha value is -2.41. The molecule has 0 unspecified atom stereocenters. The molecule has 0 atom stereocenters. The van der Waals surface area contributed by atoms with E-state index in [1.165, 1.54) is 0 Å². The summed E-state index contributed by atoms with van der Waals surface area (Å²) in [5.74, 6) is 0.799. The highest BCUT2D eigenvalue weighted by Gasteiger charge is 2.17. The standard InChI is InChI=1S/C18H26N6O/c1-13(2)24-12-16(14(3)21-24)18(25)20-15-5-6-17(19-11-15)23-9-7-22(4)8-10-23/h5-6,11-13H,7-10H2,1-4H3,(H,20,25). The molecular formula is C18H26N6O. The van der Waals surface area contributed by atoms with Gasteiger partial charge >= 0.3 is 0 Å². The lowest BCUT2D eigenvalue weighted by Gasteiger charge is -2.33. The third-order valence-electron chi connectivity index (χ3n) is 4.52. The topological polar surface area (TPSA) is 66.3 Å². The first-order valence-electron chi connectivity index (χ1n) is 8.70. The molecule has 7 heteroatoms. The van der Waals surface area contributed by atoms with E-state index in [2.05, 4.69) is 32.2 Å². The molecule has 25 heavy (non-hydrogen) atoms. The van der Waals surface area contributed by atoms with Gasteiger partial charge in [-0.3, -0.25) is 9.48 Å². The maximum atomic E-state index is 12.5. The van der Waals surface area contributed by atoms with Crippen LogP contribution in [0.1, 0.15) is 35.9 Å². The van der Waals surface area contributed by atoms with Crippen molar-refractivity contribution in [1.82, 2.24) is 19.7 Å². The zero-order valence-corrected chi connectivity index (χ0v) is 15.4. The number of amides is 1. The molecule has 1 amide bonds. The molecule has 1 fully saturated rings. The minimum atomic E-state index is -0.154. The summed E-state index contributed by atoms with van der Waals surface area (Å²) in [5, 5.41) is 7.29. The largest absolute Gasteiger partial charge is 0.354 e. The molecule has 7 nitrogen and oxygen atoms in total. The van der Waals surface area contributed by atoms with Crippen molar-refractivity contribution in [2.24, 2.45) is 0 Å². The molecular weight excluding hydrogens is 316 g/mol. The van der Waals surface area contributed by atoms with Crippen molar-refractivity contribution in [3.63, 3.8) is 0 Å². The molecule has 0 bridgehead atoms. The van der Waals surface area contributed by atoms with E-state index in [0.29, 0.717) is 11.3 Å². The van der Waals surface area contributed by atoms with Gasteiger partial charge in [-0.2, -0.15) is 5.10 Å². The summed E-state index contributed by atoms with van der Waals surface area (Å²) in [6.45, 7) is 9.96. The van der Waals surface area contributed by atoms with Gasteiger partial charge in [-0.1, -0.05) is 0 Å². The lowest BCUT2D eigenvalue weighted by Crippen LogP contribution is -2.44. The number of aromatic nitrogens is 3. The smallest absolute Gasteiger partial charge is 0.259 e. The van der Waals surface area contributed by atoms with Gasteiger partial charge in [0.1, 0.15) is 5.82 Å². The number of anilines is 2. The van der Waals surface area contributed by atoms with E-state index in [9.17, 15) is 4.79 Å². The van der Waals surface area contributed by atoms with Gasteiger partial charge in [0, 0.05) is 38.4 Å². The Bertz CT molecular complexity index is 729. The van der Waals surface area contributed by atoms with Gasteiger partial charge in [-0.05, 0) is 40.0 Å². The number of hydrogen-bond donors (Lipinski definition) is 1. The van der Waals surface area contributed by atoms with E-state index in [1.807, 2.05) is 32.9 Å². The van der Waals surface area contributed by atoms with Crippen LogP contribution in [0.5, 0.6) is 0 Å². The maximum Gasteiger partial charge on any atom is 0.259 e. The summed E-state index contributed by atoms with van der Waals surface area (Å²) in [7, 11) is 2.13. The highest BCUT2D eigenvalue weighted by Crippen LogP contribution is 2.17. The molecule has 0 radical (unpaired) electrons. The quantitative estimate of drug-likeness (QED) is 0.922. The average Bonchev–Trinajstić information content (AvgIpc) is 2.99. The Balaban J connectivity index is 1.66. The number of piperazine rings is 1. The zero-order chi connectivity index (χ0) is 18.0. The molecule has 0 aromatic carbocycles. The molecule has 1 aliphatic heterocycles. The number of aryl methyl sites for hydroxylation is 1. The first-order chi connectivity index (χ1) is 11.9. The first kappa shape index (κ1) is 17.4. The van der Waals surface area contributed by atoms with Crippen LogP contribution < -0.4 is 10.2 Å². The monoisotopic (exact) mass is 342 g/mol. The van der Waals surface area contributed by atoms with Crippen LogP contribution in [0.15, 0.2) is 24.5 Å². The van der Waals surface area contributed by atoms with Crippen LogP contribution in [-0.2, 0) is 0 Å². The van der Waals surface area contributed by atoms with E-state index in [4.69, 9.17) is 0 Å². The summed E-state index contributed by atoms with van der Waals surface area (Å²) in [6.07, 6.45) is 3.51. The van der Waals surface area contributed by atoms with E-state index in [-0.39, 0.29) is 11.9 Å². The van der Waals surface area contributed by atoms with Crippen LogP contribution in [0.2, 0.25) is 0 Å². The number of nitrogens with zero attached hydrogens (tertiary/aromatic N) is 5. The fourth-order valence-corrected chi connectivity index (χ4v) is 2.85. The zero-order valence-electron chi connectivity index (χ0n) is 15.4. The molecule has 2 aromatic heterocycles. The van der Waals surface area contributed by atoms with E-state index >= 15 is 0 Å². The van der Waals surface area contributed by atoms with Crippen molar-refractivity contribution in [3.8, 4) is 0 Å². The Morgan fingerprint density at radius 3 is 2.48 bits per heavy atom. The van der Waals surface area contributed by atoms with Gasteiger partial charge in [0.05, 0.1) is 23.1 Å². The number of carbonyl (C=O) groups excluding carboxylic acids is 1. The minimum absolute atomic E-state index is 0.154. The summed E-state index contributed by atoms with van der Waals surface area (Å²) in [4.78, 5) is 21.6. The summed E-state index contributed by atoms with van der Waals surface area (Å²) in [5.41, 5.74) is 2.02. The molecule has 1 saturated heterocycles. The van der Waals surface area contributed by atoms with Gasteiger partial charge in [0.15, 0.2) is 0 Å². The van der Waals surface area contributed by atoms with Crippen molar-refractivity contribution in [1.29, 1.82) is 0 Å². The molecule has 2 aromatic rings. The molecule has 0 aliphatic carbocycles. The number of pyridine rings is 1. The molecule has 0 spiro atoms. The second-order valence-electron chi connectivity index (χ2n) is 6.85. The third kappa shape index (κ3) is 3.99. The molecule has 134 valence electrons. The van der Waals surface area contributed by atoms with Crippen molar-refractivity contribution in [3.05, 3.63) is 35.8 Å². The second kappa shape index (κ2) is 7.23. The third-order valence-corrected chi connectivity index (χ3v) is 4.52. The van der Waals surface area contributed by atoms with Gasteiger partial charge in [0.2, 0.25) is 0 Å². The van der Waals surface area contributed by atoms with E-state index in [1.54, 1.807) is 17.1 Å². The SMILES string of the molecule is Cc1nn(C(C)C)cc1C(=O)Nc1ccc(N2CCN(C)CC2)nc1. The van der Waals surface area contributed by atoms with Crippen LogP contribution in [0.25, 0.3) is 0 Å². The summed E-state index contributed by atoms with van der Waals surface area (Å²) >= 11 is 0. The number of hydrogen-bond acceptors (Lipinski definition) is 5. The Kier molecular flexibility index (Phi) is 5.03. The van der Waals surface area contributed by atoms with Gasteiger partial charge in [-0.25, -0.2) is 4.98 Å². The van der Waals surface area contributed by atoms with Crippen molar-refractivity contribution >= 4 is 17.4 Å². The molecule has 0 saturated carbocycles. The average molecular weight is 342 g/mol. The Labute approximate surface area is 148 Å². The van der Waals surface area contributed by atoms with E-state index < -0.39 is 0 Å². The molecule has 3 heterocycles. The summed E-state index contributed by atoms with van der Waals surface area (Å²) < 4.78 is 1.80. The van der Waals surface area contributed by atoms with Crippen LogP contribution in [0.3, 0.4) is 0 Å². The maximum absolute atomic E-state index is 12.5. The predicted molar refractivity (Wildman–Crippen MR) is 99.2 cm³/mol. The van der Waals surface area contributed by atoms with Crippen LogP contribution in [0, 0.1) is 6.92 Å². The number of likely N-dealkylation sites (N-methyl/N-ethyl adjacent to an activating group) is 1. The van der Waals surface area contributed by atoms with Gasteiger partial charge < -0.3 is 15.1 Å². The summed E-state index contributed by atoms with van der Waals surface area (Å²) in [6, 6.07) is 4.09. The lowest BCUT2D eigenvalue weighted by atomic mass is 10.2. The van der Waals surface area contributed by atoms with Gasteiger partial charge in [-0.15, -0.1) is 0 Å². The van der Waals surface area contributed by atoms with Crippen molar-refractivity contribution < 1.29 is 4.79 Å². The molecule has 3 rings (SSSR count). The normalized spacial score (nSPS) is 15.6. The molecule has 1 aliphatic rings. The second-order valence-corrected chi connectivity index (χ2v) is 6.85. The number of rotatable bonds is 4. The first-order valence-corrected chi connectivity index (χ1v) is 8.70. The Morgan fingerprint density at radius 1 is 1.20 bits per heavy atom. The fraction of sp³-hybridized carbons (Fsp3) is 0.500. The van der Waals surface area contributed by atoms with E-state index in [0.717, 1.165) is 37.7 Å². The Morgan fingerprint density at radius 2 is 1.92 bits per heavy atom. The number of carbonyl (C=O) groups is 1. The number of nitrogens with one attached hydrogen (secondary N) is 1. The predicted octanol–water partition coefficient (Wildman–Crippen LogP) is 2.17. The van der Waals surface area contributed by atoms with Gasteiger partial charge in [0.25, 0.3) is 5.91 Å². The van der Waals surface area contributed by atoms with Crippen LogP contribution >= 0.6 is 0 Å². The molecule has 1 N–H and O–H groups in total. The van der Waals surface area contributed by atoms with Crippen LogP contribution in [0.4, 0.5) is 11.5 Å². The van der Waals surface area contributed by atoms with Crippen molar-refractivity contribution in [2.45, 2.75) is 26.8 Å².